The Hall–Kier alpha value is -1.50. The maximum atomic E-state index is 10.8. The lowest BCUT2D eigenvalue weighted by Gasteiger charge is -2.09. The van der Waals surface area contributed by atoms with Crippen LogP contribution in [0.4, 0.5) is 0 Å². The lowest BCUT2D eigenvalue weighted by molar-refractivity contribution is -0.133. The van der Waals surface area contributed by atoms with Gasteiger partial charge in [0, 0.05) is 13.1 Å². The molecule has 0 atom stereocenters. The zero-order valence-corrected chi connectivity index (χ0v) is 13.2. The van der Waals surface area contributed by atoms with E-state index in [1.54, 1.807) is 0 Å². The van der Waals surface area contributed by atoms with Crippen molar-refractivity contribution in [1.29, 1.82) is 0 Å². The number of hydrogen-bond acceptors (Lipinski definition) is 4. The predicted octanol–water partition coefficient (Wildman–Crippen LogP) is 2.54. The molecule has 0 aliphatic heterocycles. The number of thioether (sulfide) groups is 1. The Kier molecular flexibility index (Phi) is 3.93. The highest BCUT2D eigenvalue weighted by molar-refractivity contribution is 7.99. The highest BCUT2D eigenvalue weighted by Gasteiger charge is 2.24. The molecular formula is C14H20N4O2S. The molecule has 0 amide bonds. The van der Waals surface area contributed by atoms with E-state index >= 15 is 0 Å². The zero-order chi connectivity index (χ0) is 15.0. The van der Waals surface area contributed by atoms with Crippen molar-refractivity contribution in [2.24, 2.45) is 5.92 Å². The number of imidazole rings is 1. The van der Waals surface area contributed by atoms with Crippen LogP contribution in [-0.4, -0.2) is 36.2 Å². The number of carbonyl (C=O) groups is 1. The molecule has 0 aromatic carbocycles. The van der Waals surface area contributed by atoms with E-state index in [-0.39, 0.29) is 5.75 Å². The van der Waals surface area contributed by atoms with Gasteiger partial charge in [-0.2, -0.15) is 5.10 Å². The molecule has 1 aliphatic rings. The molecule has 21 heavy (non-hydrogen) atoms. The zero-order valence-electron chi connectivity index (χ0n) is 12.4. The first-order chi connectivity index (χ1) is 10.1. The van der Waals surface area contributed by atoms with Crippen LogP contribution in [0, 0.1) is 12.8 Å². The Bertz CT molecular complexity index is 672. The average molecular weight is 308 g/mol. The Balaban J connectivity index is 1.97. The molecule has 0 unspecified atom stereocenters. The van der Waals surface area contributed by atoms with Gasteiger partial charge in [-0.25, -0.2) is 9.67 Å². The van der Waals surface area contributed by atoms with Gasteiger partial charge < -0.3 is 9.67 Å². The number of nitrogens with zero attached hydrogens (tertiary/aromatic N) is 4. The number of aryl methyl sites for hydroxylation is 3. The van der Waals surface area contributed by atoms with E-state index in [9.17, 15) is 4.79 Å². The van der Waals surface area contributed by atoms with Crippen molar-refractivity contribution in [2.45, 2.75) is 51.4 Å². The minimum Gasteiger partial charge on any atom is -0.481 e. The van der Waals surface area contributed by atoms with Crippen molar-refractivity contribution in [1.82, 2.24) is 19.3 Å². The van der Waals surface area contributed by atoms with E-state index in [0.29, 0.717) is 0 Å². The predicted molar refractivity (Wildman–Crippen MR) is 81.6 cm³/mol. The lowest BCUT2D eigenvalue weighted by Crippen LogP contribution is -2.08. The smallest absolute Gasteiger partial charge is 0.313 e. The van der Waals surface area contributed by atoms with Crippen LogP contribution < -0.4 is 0 Å². The Morgan fingerprint density at radius 3 is 2.86 bits per heavy atom. The summed E-state index contributed by atoms with van der Waals surface area (Å²) in [5, 5.41) is 14.2. The van der Waals surface area contributed by atoms with E-state index in [1.165, 1.54) is 24.6 Å². The summed E-state index contributed by atoms with van der Waals surface area (Å²) in [6, 6.07) is 0. The molecule has 0 radical (unpaired) electrons. The summed E-state index contributed by atoms with van der Waals surface area (Å²) in [4.78, 5) is 15.5. The summed E-state index contributed by atoms with van der Waals surface area (Å²) < 4.78 is 4.13. The van der Waals surface area contributed by atoms with Gasteiger partial charge in [-0.05, 0) is 26.2 Å². The second-order valence-corrected chi connectivity index (χ2v) is 6.48. The Labute approximate surface area is 127 Å². The molecule has 0 spiro atoms. The van der Waals surface area contributed by atoms with Crippen LogP contribution in [0.1, 0.15) is 31.9 Å². The molecule has 114 valence electrons. The van der Waals surface area contributed by atoms with Crippen molar-refractivity contribution in [3.05, 3.63) is 5.69 Å². The summed E-state index contributed by atoms with van der Waals surface area (Å²) >= 11 is 1.30. The number of carboxylic acids is 1. The summed E-state index contributed by atoms with van der Waals surface area (Å²) in [5.74, 6) is 0.0651. The summed E-state index contributed by atoms with van der Waals surface area (Å²) in [6.45, 7) is 5.71. The van der Waals surface area contributed by atoms with Crippen LogP contribution in [0.15, 0.2) is 5.16 Å². The molecule has 2 aromatic heterocycles. The second-order valence-electron chi connectivity index (χ2n) is 5.53. The minimum absolute atomic E-state index is 0.0433. The maximum Gasteiger partial charge on any atom is 0.313 e. The fourth-order valence-corrected chi connectivity index (χ4v) is 3.32. The Morgan fingerprint density at radius 2 is 2.24 bits per heavy atom. The maximum absolute atomic E-state index is 10.8. The number of aliphatic carboxylic acids is 1. The highest BCUT2D eigenvalue weighted by Crippen LogP contribution is 2.34. The van der Waals surface area contributed by atoms with E-state index in [1.807, 2.05) is 11.6 Å². The fourth-order valence-electron chi connectivity index (χ4n) is 2.58. The second kappa shape index (κ2) is 5.71. The SMILES string of the molecule is CCn1nc(C)c2nc(SCC(=O)O)n(CCC3CC3)c21. The van der Waals surface area contributed by atoms with Gasteiger partial charge in [-0.3, -0.25) is 4.79 Å². The van der Waals surface area contributed by atoms with Crippen LogP contribution in [-0.2, 0) is 17.9 Å². The molecule has 1 aliphatic carbocycles. The van der Waals surface area contributed by atoms with Crippen molar-refractivity contribution >= 4 is 28.9 Å². The standard InChI is InChI=1S/C14H20N4O2S/c1-3-18-13-12(9(2)16-18)15-14(21-8-11(19)20)17(13)7-6-10-4-5-10/h10H,3-8H2,1-2H3,(H,19,20). The van der Waals surface area contributed by atoms with Gasteiger partial charge in [-0.15, -0.1) is 0 Å². The van der Waals surface area contributed by atoms with Gasteiger partial charge in [0.25, 0.3) is 0 Å². The number of aromatic nitrogens is 4. The first-order valence-corrected chi connectivity index (χ1v) is 8.37. The summed E-state index contributed by atoms with van der Waals surface area (Å²) in [5.41, 5.74) is 2.85. The summed E-state index contributed by atoms with van der Waals surface area (Å²) in [6.07, 6.45) is 3.78. The van der Waals surface area contributed by atoms with Crippen LogP contribution in [0.2, 0.25) is 0 Å². The van der Waals surface area contributed by atoms with E-state index < -0.39 is 5.97 Å². The largest absolute Gasteiger partial charge is 0.481 e. The average Bonchev–Trinajstić information content (AvgIpc) is 3.13. The van der Waals surface area contributed by atoms with Gasteiger partial charge in [0.2, 0.25) is 0 Å². The third-order valence-corrected chi connectivity index (χ3v) is 4.81. The van der Waals surface area contributed by atoms with E-state index in [0.717, 1.165) is 47.4 Å². The monoisotopic (exact) mass is 308 g/mol. The van der Waals surface area contributed by atoms with Crippen molar-refractivity contribution < 1.29 is 9.90 Å². The number of carboxylic acid groups (broad SMARTS) is 1. The molecule has 0 bridgehead atoms. The van der Waals surface area contributed by atoms with Crippen LogP contribution in [0.5, 0.6) is 0 Å². The molecule has 2 heterocycles. The van der Waals surface area contributed by atoms with Gasteiger partial charge in [-0.1, -0.05) is 24.6 Å². The van der Waals surface area contributed by atoms with Crippen LogP contribution in [0.3, 0.4) is 0 Å². The molecule has 0 saturated heterocycles. The molecule has 2 aromatic rings. The van der Waals surface area contributed by atoms with Crippen molar-refractivity contribution in [2.75, 3.05) is 5.75 Å². The molecule has 1 N–H and O–H groups in total. The van der Waals surface area contributed by atoms with Crippen molar-refractivity contribution in [3.63, 3.8) is 0 Å². The van der Waals surface area contributed by atoms with Gasteiger partial charge in [0.05, 0.1) is 11.4 Å². The lowest BCUT2D eigenvalue weighted by atomic mass is 10.3. The topological polar surface area (TPSA) is 72.9 Å². The number of hydrogen-bond donors (Lipinski definition) is 1. The van der Waals surface area contributed by atoms with Gasteiger partial charge in [0.1, 0.15) is 5.52 Å². The number of rotatable bonds is 7. The van der Waals surface area contributed by atoms with E-state index in [4.69, 9.17) is 5.11 Å². The first kappa shape index (κ1) is 14.4. The fraction of sp³-hybridized carbons (Fsp3) is 0.643. The van der Waals surface area contributed by atoms with E-state index in [2.05, 4.69) is 21.6 Å². The molecule has 1 fully saturated rings. The summed E-state index contributed by atoms with van der Waals surface area (Å²) in [7, 11) is 0. The Morgan fingerprint density at radius 1 is 1.48 bits per heavy atom. The minimum atomic E-state index is -0.811. The molecular weight excluding hydrogens is 288 g/mol. The van der Waals surface area contributed by atoms with Gasteiger partial charge >= 0.3 is 5.97 Å². The third kappa shape index (κ3) is 2.92. The molecule has 7 heteroatoms. The first-order valence-electron chi connectivity index (χ1n) is 7.38. The normalized spacial score (nSPS) is 15.0. The highest BCUT2D eigenvalue weighted by atomic mass is 32.2. The van der Waals surface area contributed by atoms with Gasteiger partial charge in [0.15, 0.2) is 10.8 Å². The quantitative estimate of drug-likeness (QED) is 0.796. The molecule has 1 saturated carbocycles. The third-order valence-electron chi connectivity index (χ3n) is 3.85. The number of fused-ring (bicyclic) bond motifs is 1. The van der Waals surface area contributed by atoms with Crippen LogP contribution >= 0.6 is 11.8 Å². The van der Waals surface area contributed by atoms with Crippen LogP contribution in [0.25, 0.3) is 11.2 Å². The molecule has 3 rings (SSSR count). The van der Waals surface area contributed by atoms with Crippen molar-refractivity contribution in [3.8, 4) is 0 Å². The molecule has 6 nitrogen and oxygen atoms in total.